The van der Waals surface area contributed by atoms with Crippen LogP contribution in [0, 0.1) is 0 Å². The van der Waals surface area contributed by atoms with Gasteiger partial charge in [0.2, 0.25) is 0 Å². The van der Waals surface area contributed by atoms with Crippen LogP contribution in [-0.2, 0) is 6.42 Å². The molecule has 10 rings (SSSR count). The Morgan fingerprint density at radius 3 is 1.74 bits per heavy atom. The second kappa shape index (κ2) is 11.3. The van der Waals surface area contributed by atoms with Crippen molar-refractivity contribution in [2.24, 2.45) is 0 Å². The van der Waals surface area contributed by atoms with E-state index in [4.69, 9.17) is 4.98 Å². The third-order valence-electron chi connectivity index (χ3n) is 10.2. The van der Waals surface area contributed by atoms with Gasteiger partial charge in [-0.05, 0) is 85.8 Å². The zero-order valence-corrected chi connectivity index (χ0v) is 27.7. The standard InChI is InChI=1S/C47H33N3/c1-2-43-48-40-25-15-27-42-47(40)50(43)46-35(24-14-26-41(46)49(42)34-20-10-5-11-21-34)33-28-29-38-39(30-33)45(32-18-8-4-9-19-32)37-23-13-12-22-36(37)44(38)31-16-6-3-7-17-31/h3-30H,2H2,1H3. The smallest absolute Gasteiger partial charge is 0.114 e. The molecule has 236 valence electrons. The minimum atomic E-state index is 0.829. The maximum absolute atomic E-state index is 5.18. The van der Waals surface area contributed by atoms with Gasteiger partial charge >= 0.3 is 0 Å². The van der Waals surface area contributed by atoms with E-state index in [0.29, 0.717) is 0 Å². The fourth-order valence-corrected chi connectivity index (χ4v) is 8.16. The number of aromatic nitrogens is 2. The highest BCUT2D eigenvalue weighted by Crippen LogP contribution is 2.51. The lowest BCUT2D eigenvalue weighted by Gasteiger charge is -2.34. The van der Waals surface area contributed by atoms with Crippen molar-refractivity contribution in [3.05, 3.63) is 176 Å². The number of anilines is 3. The minimum Gasteiger partial charge on any atom is -0.306 e. The summed E-state index contributed by atoms with van der Waals surface area (Å²) in [7, 11) is 0. The molecule has 0 saturated heterocycles. The summed E-state index contributed by atoms with van der Waals surface area (Å²) in [6, 6.07) is 61.6. The van der Waals surface area contributed by atoms with Crippen molar-refractivity contribution in [1.82, 2.24) is 9.55 Å². The zero-order valence-electron chi connectivity index (χ0n) is 27.7. The molecule has 1 aromatic heterocycles. The fourth-order valence-electron chi connectivity index (χ4n) is 8.16. The molecule has 0 saturated carbocycles. The lowest BCUT2D eigenvalue weighted by atomic mass is 9.84. The molecule has 0 spiro atoms. The van der Waals surface area contributed by atoms with Gasteiger partial charge < -0.3 is 4.90 Å². The molecule has 50 heavy (non-hydrogen) atoms. The van der Waals surface area contributed by atoms with Crippen LogP contribution in [0.25, 0.3) is 71.6 Å². The molecule has 2 heterocycles. The molecule has 1 aliphatic rings. The van der Waals surface area contributed by atoms with Crippen LogP contribution >= 0.6 is 0 Å². The van der Waals surface area contributed by atoms with Crippen molar-refractivity contribution in [3.63, 3.8) is 0 Å². The number of hydrogen-bond donors (Lipinski definition) is 0. The fraction of sp³-hybridized carbons (Fsp3) is 0.0426. The lowest BCUT2D eigenvalue weighted by molar-refractivity contribution is 0.901. The molecule has 0 aliphatic carbocycles. The summed E-state index contributed by atoms with van der Waals surface area (Å²) in [6.45, 7) is 2.20. The minimum absolute atomic E-state index is 0.829. The van der Waals surface area contributed by atoms with Gasteiger partial charge in [-0.3, -0.25) is 4.57 Å². The molecule has 0 amide bonds. The van der Waals surface area contributed by atoms with E-state index >= 15 is 0 Å². The quantitative estimate of drug-likeness (QED) is 0.175. The topological polar surface area (TPSA) is 21.1 Å². The Kier molecular flexibility index (Phi) is 6.47. The zero-order chi connectivity index (χ0) is 33.2. The van der Waals surface area contributed by atoms with E-state index in [2.05, 4.69) is 186 Å². The first-order chi connectivity index (χ1) is 24.8. The monoisotopic (exact) mass is 639 g/mol. The van der Waals surface area contributed by atoms with Crippen LogP contribution in [-0.4, -0.2) is 9.55 Å². The van der Waals surface area contributed by atoms with Crippen LogP contribution in [0.2, 0.25) is 0 Å². The predicted octanol–water partition coefficient (Wildman–Crippen LogP) is 12.7. The summed E-state index contributed by atoms with van der Waals surface area (Å²) in [4.78, 5) is 7.59. The number of imidazole rings is 1. The normalized spacial score (nSPS) is 12.1. The molecular formula is C47H33N3. The van der Waals surface area contributed by atoms with Crippen molar-refractivity contribution in [2.45, 2.75) is 13.3 Å². The Morgan fingerprint density at radius 2 is 1.06 bits per heavy atom. The summed E-state index contributed by atoms with van der Waals surface area (Å²) in [5.74, 6) is 1.07. The van der Waals surface area contributed by atoms with Gasteiger partial charge in [0, 0.05) is 17.7 Å². The average Bonchev–Trinajstić information content (AvgIpc) is 3.57. The van der Waals surface area contributed by atoms with Gasteiger partial charge in [0.25, 0.3) is 0 Å². The lowest BCUT2D eigenvalue weighted by Crippen LogP contribution is -2.19. The summed E-state index contributed by atoms with van der Waals surface area (Å²) in [5, 5.41) is 5.01. The highest BCUT2D eigenvalue weighted by molar-refractivity contribution is 6.22. The van der Waals surface area contributed by atoms with Crippen molar-refractivity contribution in [1.29, 1.82) is 0 Å². The highest BCUT2D eigenvalue weighted by Gasteiger charge is 2.31. The van der Waals surface area contributed by atoms with Gasteiger partial charge in [-0.2, -0.15) is 0 Å². The summed E-state index contributed by atoms with van der Waals surface area (Å²) in [5.41, 5.74) is 14.1. The predicted molar refractivity (Wildman–Crippen MR) is 210 cm³/mol. The van der Waals surface area contributed by atoms with E-state index in [9.17, 15) is 0 Å². The first-order valence-electron chi connectivity index (χ1n) is 17.4. The van der Waals surface area contributed by atoms with Crippen molar-refractivity contribution >= 4 is 49.6 Å². The molecule has 0 N–H and O–H groups in total. The second-order valence-corrected chi connectivity index (χ2v) is 13.0. The van der Waals surface area contributed by atoms with E-state index in [-0.39, 0.29) is 0 Å². The first kappa shape index (κ1) is 28.6. The van der Waals surface area contributed by atoms with Gasteiger partial charge in [0.05, 0.1) is 28.1 Å². The van der Waals surface area contributed by atoms with Crippen LogP contribution in [0.5, 0.6) is 0 Å². The van der Waals surface area contributed by atoms with Crippen LogP contribution < -0.4 is 4.90 Å². The SMILES string of the molecule is CCc1nc2cccc3c2n1-c1c(-c2ccc4c(-c5ccccc5)c5ccccc5c(-c5ccccc5)c4c2)cccc1N3c1ccccc1. The second-order valence-electron chi connectivity index (χ2n) is 13.0. The number of fused-ring (bicyclic) bond motifs is 4. The number of para-hydroxylation sites is 3. The van der Waals surface area contributed by atoms with Gasteiger partial charge in [-0.25, -0.2) is 4.98 Å². The molecule has 1 aliphatic heterocycles. The highest BCUT2D eigenvalue weighted by atomic mass is 15.2. The molecule has 3 heteroatoms. The molecular weight excluding hydrogens is 607 g/mol. The van der Waals surface area contributed by atoms with Gasteiger partial charge in [0.15, 0.2) is 0 Å². The molecule has 9 aromatic rings. The Morgan fingerprint density at radius 1 is 0.480 bits per heavy atom. The van der Waals surface area contributed by atoms with Crippen LogP contribution in [0.4, 0.5) is 17.1 Å². The number of nitrogens with zero attached hydrogens (tertiary/aromatic N) is 3. The molecule has 3 nitrogen and oxygen atoms in total. The molecule has 0 radical (unpaired) electrons. The Balaban J connectivity index is 1.32. The van der Waals surface area contributed by atoms with Gasteiger partial charge in [0.1, 0.15) is 5.82 Å². The number of hydrogen-bond acceptors (Lipinski definition) is 2. The van der Waals surface area contributed by atoms with E-state index in [1.807, 2.05) is 0 Å². The first-order valence-corrected chi connectivity index (χ1v) is 17.4. The van der Waals surface area contributed by atoms with E-state index in [1.165, 1.54) is 60.6 Å². The maximum Gasteiger partial charge on any atom is 0.114 e. The Bertz CT molecular complexity index is 2730. The summed E-state index contributed by atoms with van der Waals surface area (Å²) < 4.78 is 2.42. The van der Waals surface area contributed by atoms with Crippen molar-refractivity contribution < 1.29 is 0 Å². The third-order valence-corrected chi connectivity index (χ3v) is 10.2. The maximum atomic E-state index is 5.18. The molecule has 0 bridgehead atoms. The number of benzene rings is 8. The van der Waals surface area contributed by atoms with Crippen LogP contribution in [0.3, 0.4) is 0 Å². The van der Waals surface area contributed by atoms with Gasteiger partial charge in [-0.1, -0.05) is 140 Å². The van der Waals surface area contributed by atoms with Crippen LogP contribution in [0.1, 0.15) is 12.7 Å². The van der Waals surface area contributed by atoms with Crippen LogP contribution in [0.15, 0.2) is 170 Å². The van der Waals surface area contributed by atoms with E-state index in [1.54, 1.807) is 0 Å². The Labute approximate surface area is 291 Å². The molecule has 8 aromatic carbocycles. The Hall–Kier alpha value is -6.45. The number of aryl methyl sites for hydroxylation is 1. The third kappa shape index (κ3) is 4.20. The van der Waals surface area contributed by atoms with Crippen molar-refractivity contribution in [2.75, 3.05) is 4.90 Å². The largest absolute Gasteiger partial charge is 0.306 e. The number of rotatable bonds is 5. The average molecular weight is 640 g/mol. The molecule has 0 fully saturated rings. The van der Waals surface area contributed by atoms with Gasteiger partial charge in [-0.15, -0.1) is 0 Å². The molecule has 0 unspecified atom stereocenters. The van der Waals surface area contributed by atoms with E-state index < -0.39 is 0 Å². The summed E-state index contributed by atoms with van der Waals surface area (Å²) >= 11 is 0. The molecule has 0 atom stereocenters. The van der Waals surface area contributed by atoms with E-state index in [0.717, 1.165) is 40.3 Å². The summed E-state index contributed by atoms with van der Waals surface area (Å²) in [6.07, 6.45) is 0.829. The van der Waals surface area contributed by atoms with Crippen molar-refractivity contribution in [3.8, 4) is 39.1 Å².